The van der Waals surface area contributed by atoms with E-state index >= 15 is 0 Å². The molecule has 0 bridgehead atoms. The lowest BCUT2D eigenvalue weighted by molar-refractivity contribution is -0.142. The number of nitrogens with one attached hydrogen (secondary N) is 2. The molecule has 0 radical (unpaired) electrons. The van der Waals surface area contributed by atoms with Gasteiger partial charge in [-0.15, -0.1) is 0 Å². The van der Waals surface area contributed by atoms with Gasteiger partial charge in [-0.2, -0.15) is 0 Å². The second kappa shape index (κ2) is 4.64. The zero-order valence-electron chi connectivity index (χ0n) is 10.7. The molecule has 3 rings (SSSR count). The Kier molecular flexibility index (Phi) is 2.94. The maximum absolute atomic E-state index is 12.0. The Bertz CT molecular complexity index is 716. The van der Waals surface area contributed by atoms with Crippen molar-refractivity contribution in [3.05, 3.63) is 40.7 Å². The summed E-state index contributed by atoms with van der Waals surface area (Å²) in [5, 5.41) is 13.6. The van der Waals surface area contributed by atoms with Crippen LogP contribution in [0.1, 0.15) is 6.42 Å². The molecule has 0 aliphatic carbocycles. The van der Waals surface area contributed by atoms with Crippen LogP contribution in [0.15, 0.2) is 35.1 Å². The highest BCUT2D eigenvalue weighted by Crippen LogP contribution is 2.24. The summed E-state index contributed by atoms with van der Waals surface area (Å²) in [5.74, 6) is -0.592. The number of aliphatic carboxylic acids is 1. The van der Waals surface area contributed by atoms with Crippen LogP contribution in [-0.4, -0.2) is 34.8 Å². The number of aromatic amines is 1. The van der Waals surface area contributed by atoms with E-state index in [0.29, 0.717) is 24.2 Å². The minimum absolute atomic E-state index is 0.0805. The van der Waals surface area contributed by atoms with Crippen molar-refractivity contribution in [2.45, 2.75) is 12.0 Å². The molecule has 6 nitrogen and oxygen atoms in total. The summed E-state index contributed by atoms with van der Waals surface area (Å²) in [5.41, 5.74) is -1.42. The van der Waals surface area contributed by atoms with Gasteiger partial charge in [0, 0.05) is 18.4 Å². The second-order valence-electron chi connectivity index (χ2n) is 4.91. The summed E-state index contributed by atoms with van der Waals surface area (Å²) in [4.78, 5) is 26.1. The van der Waals surface area contributed by atoms with Crippen molar-refractivity contribution in [3.8, 4) is 0 Å². The Labute approximate surface area is 114 Å². The van der Waals surface area contributed by atoms with Crippen LogP contribution in [0.25, 0.3) is 10.8 Å². The van der Waals surface area contributed by atoms with Crippen molar-refractivity contribution < 1.29 is 14.6 Å². The van der Waals surface area contributed by atoms with E-state index in [1.807, 2.05) is 12.1 Å². The predicted molar refractivity (Wildman–Crippen MR) is 74.0 cm³/mol. The first-order valence-corrected chi connectivity index (χ1v) is 6.32. The van der Waals surface area contributed by atoms with Gasteiger partial charge in [0.25, 0.3) is 5.56 Å². The molecule has 6 heteroatoms. The zero-order chi connectivity index (χ0) is 14.2. The SMILES string of the molecule is O=C(O)C1(Nc2cc3ccccc3c(=O)[nH]2)CCOC1. The fourth-order valence-electron chi connectivity index (χ4n) is 2.42. The molecule has 0 saturated carbocycles. The quantitative estimate of drug-likeness (QED) is 0.782. The van der Waals surface area contributed by atoms with Gasteiger partial charge in [-0.25, -0.2) is 4.79 Å². The standard InChI is InChI=1S/C14H14N2O4/c17-12-10-4-2-1-3-9(10)7-11(15-12)16-14(13(18)19)5-6-20-8-14/h1-4,7H,5-6,8H2,(H,18,19)(H2,15,16,17). The number of anilines is 1. The molecule has 1 saturated heterocycles. The number of hydrogen-bond acceptors (Lipinski definition) is 4. The maximum Gasteiger partial charge on any atom is 0.331 e. The molecule has 20 heavy (non-hydrogen) atoms. The molecule has 0 amide bonds. The molecule has 2 heterocycles. The number of fused-ring (bicyclic) bond motifs is 1. The average molecular weight is 274 g/mol. The number of aromatic nitrogens is 1. The fraction of sp³-hybridized carbons (Fsp3) is 0.286. The van der Waals surface area contributed by atoms with Crippen molar-refractivity contribution in [2.24, 2.45) is 0 Å². The lowest BCUT2D eigenvalue weighted by atomic mass is 9.99. The number of H-pyrrole nitrogens is 1. The zero-order valence-corrected chi connectivity index (χ0v) is 10.7. The third kappa shape index (κ3) is 2.04. The summed E-state index contributed by atoms with van der Waals surface area (Å²) in [7, 11) is 0. The maximum atomic E-state index is 12.0. The first-order valence-electron chi connectivity index (χ1n) is 6.32. The third-order valence-electron chi connectivity index (χ3n) is 3.56. The van der Waals surface area contributed by atoms with E-state index in [9.17, 15) is 14.7 Å². The van der Waals surface area contributed by atoms with Gasteiger partial charge in [0.2, 0.25) is 0 Å². The van der Waals surface area contributed by atoms with Crippen LogP contribution in [0.5, 0.6) is 0 Å². The Hall–Kier alpha value is -2.34. The van der Waals surface area contributed by atoms with E-state index in [1.165, 1.54) is 0 Å². The van der Waals surface area contributed by atoms with Crippen molar-refractivity contribution in [2.75, 3.05) is 18.5 Å². The van der Waals surface area contributed by atoms with Gasteiger partial charge in [-0.3, -0.25) is 4.79 Å². The minimum atomic E-state index is -1.18. The highest BCUT2D eigenvalue weighted by atomic mass is 16.5. The summed E-state index contributed by atoms with van der Waals surface area (Å²) in [6.45, 7) is 0.467. The largest absolute Gasteiger partial charge is 0.479 e. The van der Waals surface area contributed by atoms with Gasteiger partial charge < -0.3 is 20.1 Å². The summed E-state index contributed by atoms with van der Waals surface area (Å²) in [6, 6.07) is 8.89. The Morgan fingerprint density at radius 1 is 1.40 bits per heavy atom. The van der Waals surface area contributed by atoms with Crippen LogP contribution >= 0.6 is 0 Å². The smallest absolute Gasteiger partial charge is 0.331 e. The van der Waals surface area contributed by atoms with Crippen molar-refractivity contribution in [1.29, 1.82) is 0 Å². The predicted octanol–water partition coefficient (Wildman–Crippen LogP) is 1.18. The number of benzene rings is 1. The van der Waals surface area contributed by atoms with Crippen molar-refractivity contribution in [1.82, 2.24) is 4.98 Å². The number of carboxylic acid groups (broad SMARTS) is 1. The molecule has 1 aliphatic rings. The fourth-order valence-corrected chi connectivity index (χ4v) is 2.42. The first-order chi connectivity index (χ1) is 9.61. The molecule has 1 unspecified atom stereocenters. The monoisotopic (exact) mass is 274 g/mol. The highest BCUT2D eigenvalue weighted by molar-refractivity contribution is 5.86. The van der Waals surface area contributed by atoms with Crippen LogP contribution in [0.2, 0.25) is 0 Å². The molecule has 1 fully saturated rings. The van der Waals surface area contributed by atoms with Crippen LogP contribution in [0, 0.1) is 0 Å². The van der Waals surface area contributed by atoms with E-state index in [4.69, 9.17) is 4.74 Å². The van der Waals surface area contributed by atoms with Gasteiger partial charge in [0.05, 0.1) is 6.61 Å². The van der Waals surface area contributed by atoms with Gasteiger partial charge in [0.15, 0.2) is 5.54 Å². The number of rotatable bonds is 3. The normalized spacial score (nSPS) is 22.0. The highest BCUT2D eigenvalue weighted by Gasteiger charge is 2.42. The van der Waals surface area contributed by atoms with Crippen molar-refractivity contribution in [3.63, 3.8) is 0 Å². The van der Waals surface area contributed by atoms with E-state index in [2.05, 4.69) is 10.3 Å². The Morgan fingerprint density at radius 3 is 2.90 bits per heavy atom. The van der Waals surface area contributed by atoms with Crippen LogP contribution in [0.3, 0.4) is 0 Å². The second-order valence-corrected chi connectivity index (χ2v) is 4.91. The molecule has 0 spiro atoms. The molecule has 2 aromatic rings. The lowest BCUT2D eigenvalue weighted by Gasteiger charge is -2.24. The lowest BCUT2D eigenvalue weighted by Crippen LogP contribution is -2.47. The summed E-state index contributed by atoms with van der Waals surface area (Å²) in [6.07, 6.45) is 0.358. The molecule has 1 atom stereocenters. The number of ether oxygens (including phenoxy) is 1. The molecule has 104 valence electrons. The summed E-state index contributed by atoms with van der Waals surface area (Å²) < 4.78 is 5.18. The number of carboxylic acids is 1. The third-order valence-corrected chi connectivity index (χ3v) is 3.56. The van der Waals surface area contributed by atoms with Gasteiger partial charge >= 0.3 is 5.97 Å². The summed E-state index contributed by atoms with van der Waals surface area (Å²) >= 11 is 0. The van der Waals surface area contributed by atoms with Crippen LogP contribution in [-0.2, 0) is 9.53 Å². The van der Waals surface area contributed by atoms with Gasteiger partial charge in [-0.05, 0) is 17.5 Å². The molecule has 1 aromatic heterocycles. The van der Waals surface area contributed by atoms with Gasteiger partial charge in [0.1, 0.15) is 5.82 Å². The molecule has 1 aliphatic heterocycles. The first kappa shape index (κ1) is 12.7. The topological polar surface area (TPSA) is 91.4 Å². The van der Waals surface area contributed by atoms with Gasteiger partial charge in [-0.1, -0.05) is 18.2 Å². The molecule has 1 aromatic carbocycles. The Morgan fingerprint density at radius 2 is 2.20 bits per heavy atom. The number of pyridine rings is 1. The molecule has 3 N–H and O–H groups in total. The molecular weight excluding hydrogens is 260 g/mol. The van der Waals surface area contributed by atoms with E-state index in [1.54, 1.807) is 18.2 Å². The molecular formula is C14H14N2O4. The van der Waals surface area contributed by atoms with E-state index in [-0.39, 0.29) is 12.2 Å². The van der Waals surface area contributed by atoms with Crippen molar-refractivity contribution >= 4 is 22.6 Å². The minimum Gasteiger partial charge on any atom is -0.479 e. The average Bonchev–Trinajstić information content (AvgIpc) is 2.89. The van der Waals surface area contributed by atoms with E-state index in [0.717, 1.165) is 5.39 Å². The van der Waals surface area contributed by atoms with Crippen LogP contribution < -0.4 is 10.9 Å². The van der Waals surface area contributed by atoms with E-state index < -0.39 is 11.5 Å². The van der Waals surface area contributed by atoms with Crippen LogP contribution in [0.4, 0.5) is 5.82 Å². The Balaban J connectivity index is 2.02. The number of carbonyl (C=O) groups is 1. The number of hydrogen-bond donors (Lipinski definition) is 3.